The Kier molecular flexibility index (Phi) is 3.47. The molecule has 4 rings (SSSR count). The van der Waals surface area contributed by atoms with E-state index >= 15 is 0 Å². The van der Waals surface area contributed by atoms with E-state index in [1.165, 1.54) is 19.3 Å². The van der Waals surface area contributed by atoms with E-state index < -0.39 is 0 Å². The quantitative estimate of drug-likeness (QED) is 0.520. The van der Waals surface area contributed by atoms with Crippen LogP contribution in [-0.4, -0.2) is 0 Å². The molecule has 0 spiro atoms. The van der Waals surface area contributed by atoms with Crippen LogP contribution in [0.1, 0.15) is 91.4 Å². The van der Waals surface area contributed by atoms with Gasteiger partial charge in [0.15, 0.2) is 0 Å². The minimum Gasteiger partial charge on any atom is -0.0651 e. The van der Waals surface area contributed by atoms with E-state index in [1.54, 1.807) is 51.4 Å². The molecule has 0 amide bonds. The molecule has 4 saturated carbocycles. The van der Waals surface area contributed by atoms with Gasteiger partial charge in [0.2, 0.25) is 0 Å². The van der Waals surface area contributed by atoms with Gasteiger partial charge < -0.3 is 0 Å². The first-order valence-electron chi connectivity index (χ1n) is 10.1. The summed E-state index contributed by atoms with van der Waals surface area (Å²) in [7, 11) is 0. The van der Waals surface area contributed by atoms with Crippen molar-refractivity contribution in [2.75, 3.05) is 0 Å². The third-order valence-corrected chi connectivity index (χ3v) is 9.27. The maximum atomic E-state index is 2.71. The van der Waals surface area contributed by atoms with E-state index in [1.807, 2.05) is 0 Å². The van der Waals surface area contributed by atoms with Crippen molar-refractivity contribution in [2.45, 2.75) is 91.4 Å². The molecule has 0 heterocycles. The molecule has 0 radical (unpaired) electrons. The number of fused-ring (bicyclic) bond motifs is 5. The summed E-state index contributed by atoms with van der Waals surface area (Å²) in [6.45, 7) is 7.84. The summed E-state index contributed by atoms with van der Waals surface area (Å²) in [4.78, 5) is 0. The standard InChI is InChI=1S/C21H36/c1-4-15-9-11-18-17-10-8-16-7-5-6-13-20(16,2)19(17)12-14-21(15,18)3/h15-19H,4-14H2,1-3H3/t15-,16?,17-,18-,19-,20+,21+/m0/s1. The molecule has 4 aliphatic rings. The van der Waals surface area contributed by atoms with E-state index in [9.17, 15) is 0 Å². The first-order valence-corrected chi connectivity index (χ1v) is 10.1. The summed E-state index contributed by atoms with van der Waals surface area (Å²) in [5.41, 5.74) is 1.45. The fourth-order valence-corrected chi connectivity index (χ4v) is 8.07. The normalized spacial score (nSPS) is 56.4. The van der Waals surface area contributed by atoms with Crippen LogP contribution in [0.4, 0.5) is 0 Å². The molecular formula is C21H36. The van der Waals surface area contributed by atoms with Gasteiger partial charge in [-0.05, 0) is 91.8 Å². The summed E-state index contributed by atoms with van der Waals surface area (Å²) in [6, 6.07) is 0. The van der Waals surface area contributed by atoms with Crippen molar-refractivity contribution in [3.63, 3.8) is 0 Å². The Labute approximate surface area is 132 Å². The summed E-state index contributed by atoms with van der Waals surface area (Å²) in [5.74, 6) is 5.39. The van der Waals surface area contributed by atoms with Crippen LogP contribution in [0.3, 0.4) is 0 Å². The van der Waals surface area contributed by atoms with Crippen LogP contribution in [0.25, 0.3) is 0 Å². The lowest BCUT2D eigenvalue weighted by Crippen LogP contribution is -2.52. The highest BCUT2D eigenvalue weighted by atomic mass is 14.6. The predicted molar refractivity (Wildman–Crippen MR) is 90.1 cm³/mol. The van der Waals surface area contributed by atoms with Crippen molar-refractivity contribution in [1.29, 1.82) is 0 Å². The molecule has 21 heavy (non-hydrogen) atoms. The summed E-state index contributed by atoms with van der Waals surface area (Å²) >= 11 is 0. The van der Waals surface area contributed by atoms with Crippen molar-refractivity contribution in [3.8, 4) is 0 Å². The molecule has 0 aromatic carbocycles. The van der Waals surface area contributed by atoms with Gasteiger partial charge in [0.05, 0.1) is 0 Å². The Balaban J connectivity index is 1.62. The molecular weight excluding hydrogens is 252 g/mol. The van der Waals surface area contributed by atoms with E-state index in [2.05, 4.69) is 20.8 Å². The van der Waals surface area contributed by atoms with Crippen LogP contribution in [-0.2, 0) is 0 Å². The van der Waals surface area contributed by atoms with Gasteiger partial charge >= 0.3 is 0 Å². The fraction of sp³-hybridized carbons (Fsp3) is 1.00. The van der Waals surface area contributed by atoms with Gasteiger partial charge in [-0.1, -0.05) is 40.0 Å². The second kappa shape index (κ2) is 5.00. The van der Waals surface area contributed by atoms with Crippen molar-refractivity contribution >= 4 is 0 Å². The summed E-state index contributed by atoms with van der Waals surface area (Å²) in [6.07, 6.45) is 17.0. The van der Waals surface area contributed by atoms with Gasteiger partial charge in [0.25, 0.3) is 0 Å². The van der Waals surface area contributed by atoms with E-state index in [-0.39, 0.29) is 0 Å². The molecule has 0 N–H and O–H groups in total. The monoisotopic (exact) mass is 288 g/mol. The molecule has 7 atom stereocenters. The van der Waals surface area contributed by atoms with Gasteiger partial charge in [-0.2, -0.15) is 0 Å². The molecule has 0 nitrogen and oxygen atoms in total. The Morgan fingerprint density at radius 1 is 0.762 bits per heavy atom. The minimum absolute atomic E-state index is 0.716. The predicted octanol–water partition coefficient (Wildman–Crippen LogP) is 6.45. The highest BCUT2D eigenvalue weighted by molar-refractivity contribution is 5.08. The van der Waals surface area contributed by atoms with Gasteiger partial charge in [0.1, 0.15) is 0 Å². The van der Waals surface area contributed by atoms with Crippen molar-refractivity contribution in [3.05, 3.63) is 0 Å². The number of rotatable bonds is 1. The van der Waals surface area contributed by atoms with E-state index in [0.717, 1.165) is 35.0 Å². The van der Waals surface area contributed by atoms with Gasteiger partial charge in [-0.25, -0.2) is 0 Å². The molecule has 120 valence electrons. The van der Waals surface area contributed by atoms with Gasteiger partial charge in [0, 0.05) is 0 Å². The maximum absolute atomic E-state index is 2.71. The molecule has 0 aromatic rings. The average Bonchev–Trinajstić information content (AvgIpc) is 2.83. The SMILES string of the molecule is CC[C@H]1CC[C@H]2[C@@H]3CCC4CCCC[C@@]4(C)[C@H]3CC[C@]12C. The first kappa shape index (κ1) is 14.6. The lowest BCUT2D eigenvalue weighted by Gasteiger charge is -2.60. The molecule has 0 aromatic heterocycles. The lowest BCUT2D eigenvalue weighted by molar-refractivity contribution is -0.110. The summed E-state index contributed by atoms with van der Waals surface area (Å²) in [5, 5.41) is 0. The van der Waals surface area contributed by atoms with Crippen molar-refractivity contribution < 1.29 is 0 Å². The van der Waals surface area contributed by atoms with Crippen LogP contribution >= 0.6 is 0 Å². The van der Waals surface area contributed by atoms with Crippen LogP contribution in [0.2, 0.25) is 0 Å². The Hall–Kier alpha value is 0. The molecule has 0 bridgehead atoms. The largest absolute Gasteiger partial charge is 0.0651 e. The Morgan fingerprint density at radius 2 is 1.57 bits per heavy atom. The Bertz CT molecular complexity index is 399. The second-order valence-electron chi connectivity index (χ2n) is 9.63. The van der Waals surface area contributed by atoms with Gasteiger partial charge in [-0.3, -0.25) is 0 Å². The highest BCUT2D eigenvalue weighted by Crippen LogP contribution is 2.67. The zero-order valence-electron chi connectivity index (χ0n) is 14.7. The number of hydrogen-bond donors (Lipinski definition) is 0. The lowest BCUT2D eigenvalue weighted by atomic mass is 9.45. The average molecular weight is 289 g/mol. The molecule has 4 fully saturated rings. The third kappa shape index (κ3) is 1.93. The molecule has 4 aliphatic carbocycles. The first-order chi connectivity index (χ1) is 10.1. The topological polar surface area (TPSA) is 0 Å². The smallest absolute Gasteiger partial charge is 0.0266 e. The van der Waals surface area contributed by atoms with Crippen LogP contribution in [0.5, 0.6) is 0 Å². The highest BCUT2D eigenvalue weighted by Gasteiger charge is 2.59. The number of hydrogen-bond acceptors (Lipinski definition) is 0. The van der Waals surface area contributed by atoms with Crippen molar-refractivity contribution in [1.82, 2.24) is 0 Å². The van der Waals surface area contributed by atoms with Crippen LogP contribution < -0.4 is 0 Å². The van der Waals surface area contributed by atoms with Gasteiger partial charge in [-0.15, -0.1) is 0 Å². The molecule has 0 aliphatic heterocycles. The van der Waals surface area contributed by atoms with Crippen LogP contribution in [0.15, 0.2) is 0 Å². The third-order valence-electron chi connectivity index (χ3n) is 9.27. The van der Waals surface area contributed by atoms with E-state index in [4.69, 9.17) is 0 Å². The second-order valence-corrected chi connectivity index (χ2v) is 9.63. The maximum Gasteiger partial charge on any atom is -0.0266 e. The zero-order chi connectivity index (χ0) is 14.7. The minimum atomic E-state index is 0.716. The Morgan fingerprint density at radius 3 is 2.38 bits per heavy atom. The van der Waals surface area contributed by atoms with Crippen LogP contribution in [0, 0.1) is 40.4 Å². The van der Waals surface area contributed by atoms with E-state index in [0.29, 0.717) is 5.41 Å². The molecule has 1 unspecified atom stereocenters. The zero-order valence-corrected chi connectivity index (χ0v) is 14.7. The van der Waals surface area contributed by atoms with Crippen molar-refractivity contribution in [2.24, 2.45) is 40.4 Å². The summed E-state index contributed by atoms with van der Waals surface area (Å²) < 4.78 is 0. The molecule has 0 saturated heterocycles. The fourth-order valence-electron chi connectivity index (χ4n) is 8.07. The molecule has 0 heteroatoms.